The number of anilines is 2. The molecule has 1 aliphatic carbocycles. The van der Waals surface area contributed by atoms with Crippen LogP contribution in [0.2, 0.25) is 5.02 Å². The maximum absolute atomic E-state index is 14.0. The van der Waals surface area contributed by atoms with Crippen molar-refractivity contribution in [1.82, 2.24) is 10.2 Å². The molecular formula is C27H24ClN3O2. The molecule has 3 aromatic rings. The van der Waals surface area contributed by atoms with Gasteiger partial charge in [-0.3, -0.25) is 14.5 Å². The monoisotopic (exact) mass is 457 g/mol. The molecule has 2 fully saturated rings. The number of benzene rings is 3. The highest BCUT2D eigenvalue weighted by Gasteiger charge is 2.67. The SMILES string of the molecule is O=C(c1cccc(N2C(=O)[C@]3(C[C@H]3c3ccc(Cl)cc3)c3ccccc32)c1)N1CCNCC1. The quantitative estimate of drug-likeness (QED) is 0.630. The molecule has 2 atom stereocenters. The van der Waals surface area contributed by atoms with Crippen LogP contribution in [0.4, 0.5) is 11.4 Å². The van der Waals surface area contributed by atoms with Crippen LogP contribution >= 0.6 is 11.6 Å². The Hall–Kier alpha value is -3.15. The van der Waals surface area contributed by atoms with Crippen molar-refractivity contribution in [3.63, 3.8) is 0 Å². The van der Waals surface area contributed by atoms with E-state index in [2.05, 4.69) is 11.4 Å². The zero-order valence-electron chi connectivity index (χ0n) is 18.1. The third-order valence-electron chi connectivity index (χ3n) is 7.20. The predicted octanol–water partition coefficient (Wildman–Crippen LogP) is 4.49. The highest BCUT2D eigenvalue weighted by molar-refractivity contribution is 6.30. The lowest BCUT2D eigenvalue weighted by molar-refractivity contribution is -0.119. The predicted molar refractivity (Wildman–Crippen MR) is 129 cm³/mol. The summed E-state index contributed by atoms with van der Waals surface area (Å²) in [6.45, 7) is 3.00. The standard InChI is InChI=1S/C27H24ClN3O2/c28-20-10-8-18(9-11-20)23-17-27(23)22-6-1-2-7-24(22)31(26(27)33)21-5-3-4-19(16-21)25(32)30-14-12-29-13-15-30/h1-11,16,23,29H,12-15,17H2/t23-,27+/m0/s1. The van der Waals surface area contributed by atoms with Gasteiger partial charge in [0.2, 0.25) is 5.91 Å². The van der Waals surface area contributed by atoms with Gasteiger partial charge in [-0.15, -0.1) is 0 Å². The van der Waals surface area contributed by atoms with Crippen LogP contribution in [-0.2, 0) is 10.2 Å². The van der Waals surface area contributed by atoms with E-state index < -0.39 is 5.41 Å². The second-order valence-corrected chi connectivity index (χ2v) is 9.47. The van der Waals surface area contributed by atoms with Crippen molar-refractivity contribution in [2.75, 3.05) is 31.1 Å². The van der Waals surface area contributed by atoms with E-state index in [0.717, 1.165) is 42.0 Å². The molecule has 33 heavy (non-hydrogen) atoms. The molecule has 1 spiro atoms. The molecule has 2 aliphatic heterocycles. The number of hydrogen-bond donors (Lipinski definition) is 1. The fourth-order valence-electron chi connectivity index (χ4n) is 5.45. The molecule has 2 amide bonds. The van der Waals surface area contributed by atoms with Gasteiger partial charge in [0.1, 0.15) is 0 Å². The van der Waals surface area contributed by atoms with Crippen molar-refractivity contribution in [3.8, 4) is 0 Å². The lowest BCUT2D eigenvalue weighted by Crippen LogP contribution is -2.46. The molecule has 6 rings (SSSR count). The minimum absolute atomic E-state index is 0.0125. The van der Waals surface area contributed by atoms with E-state index in [1.165, 1.54) is 0 Å². The number of nitrogens with one attached hydrogen (secondary N) is 1. The summed E-state index contributed by atoms with van der Waals surface area (Å²) in [6.07, 6.45) is 0.778. The molecule has 1 saturated carbocycles. The van der Waals surface area contributed by atoms with E-state index in [1.807, 2.05) is 71.6 Å². The van der Waals surface area contributed by atoms with E-state index in [4.69, 9.17) is 11.6 Å². The Morgan fingerprint density at radius 2 is 1.73 bits per heavy atom. The highest BCUT2D eigenvalue weighted by atomic mass is 35.5. The zero-order chi connectivity index (χ0) is 22.6. The number of halogens is 1. The van der Waals surface area contributed by atoms with Gasteiger partial charge >= 0.3 is 0 Å². The van der Waals surface area contributed by atoms with Crippen LogP contribution in [0.25, 0.3) is 0 Å². The van der Waals surface area contributed by atoms with Crippen LogP contribution in [0.15, 0.2) is 72.8 Å². The normalized spacial score (nSPS) is 23.7. The molecule has 1 saturated heterocycles. The number of carbonyl (C=O) groups is 2. The van der Waals surface area contributed by atoms with E-state index in [0.29, 0.717) is 23.7 Å². The van der Waals surface area contributed by atoms with Crippen molar-refractivity contribution >= 4 is 34.8 Å². The number of para-hydroxylation sites is 1. The number of carbonyl (C=O) groups excluding carboxylic acids is 2. The van der Waals surface area contributed by atoms with Crippen molar-refractivity contribution in [2.24, 2.45) is 0 Å². The van der Waals surface area contributed by atoms with Gasteiger partial charge in [-0.05, 0) is 53.9 Å². The van der Waals surface area contributed by atoms with Crippen LogP contribution < -0.4 is 10.2 Å². The number of amides is 2. The third kappa shape index (κ3) is 3.18. The third-order valence-corrected chi connectivity index (χ3v) is 7.45. The lowest BCUT2D eigenvalue weighted by atomic mass is 9.92. The average molecular weight is 458 g/mol. The Balaban J connectivity index is 1.37. The first-order chi connectivity index (χ1) is 16.1. The molecular weight excluding hydrogens is 434 g/mol. The Morgan fingerprint density at radius 1 is 0.970 bits per heavy atom. The van der Waals surface area contributed by atoms with Gasteiger partial charge in [-0.25, -0.2) is 0 Å². The zero-order valence-corrected chi connectivity index (χ0v) is 18.9. The fourth-order valence-corrected chi connectivity index (χ4v) is 5.58. The van der Waals surface area contributed by atoms with E-state index in [1.54, 1.807) is 4.90 Å². The number of rotatable bonds is 3. The number of piperazine rings is 1. The molecule has 0 unspecified atom stereocenters. The summed E-state index contributed by atoms with van der Waals surface area (Å²) in [5.74, 6) is 0.216. The number of hydrogen-bond acceptors (Lipinski definition) is 3. The Bertz CT molecular complexity index is 1250. The first kappa shape index (κ1) is 20.5. The van der Waals surface area contributed by atoms with Gasteiger partial charge in [0, 0.05) is 48.4 Å². The first-order valence-electron chi connectivity index (χ1n) is 11.4. The Kier molecular flexibility index (Phi) is 4.78. The summed E-state index contributed by atoms with van der Waals surface area (Å²) in [5, 5.41) is 3.97. The molecule has 0 aromatic heterocycles. The van der Waals surface area contributed by atoms with E-state index in [9.17, 15) is 9.59 Å². The molecule has 1 N–H and O–H groups in total. The van der Waals surface area contributed by atoms with E-state index >= 15 is 0 Å². The smallest absolute Gasteiger partial charge is 0.254 e. The van der Waals surface area contributed by atoms with Crippen LogP contribution in [-0.4, -0.2) is 42.9 Å². The summed E-state index contributed by atoms with van der Waals surface area (Å²) >= 11 is 6.09. The van der Waals surface area contributed by atoms with Crippen molar-refractivity contribution < 1.29 is 9.59 Å². The van der Waals surface area contributed by atoms with Crippen LogP contribution in [0, 0.1) is 0 Å². The van der Waals surface area contributed by atoms with Crippen LogP contribution in [0.1, 0.15) is 33.8 Å². The van der Waals surface area contributed by atoms with Gasteiger partial charge in [0.25, 0.3) is 5.91 Å². The maximum Gasteiger partial charge on any atom is 0.254 e. The molecule has 6 heteroatoms. The van der Waals surface area contributed by atoms with Crippen LogP contribution in [0.5, 0.6) is 0 Å². The molecule has 5 nitrogen and oxygen atoms in total. The second kappa shape index (κ2) is 7.72. The van der Waals surface area contributed by atoms with Gasteiger partial charge in [-0.1, -0.05) is 48.0 Å². The number of fused-ring (bicyclic) bond motifs is 2. The van der Waals surface area contributed by atoms with Crippen molar-refractivity contribution in [1.29, 1.82) is 0 Å². The first-order valence-corrected chi connectivity index (χ1v) is 11.8. The Labute approximate surface area is 198 Å². The molecule has 0 bridgehead atoms. The summed E-state index contributed by atoms with van der Waals surface area (Å²) in [5.41, 5.74) is 3.91. The van der Waals surface area contributed by atoms with Crippen LogP contribution in [0.3, 0.4) is 0 Å². The van der Waals surface area contributed by atoms with E-state index in [-0.39, 0.29) is 17.7 Å². The highest BCUT2D eigenvalue weighted by Crippen LogP contribution is 2.67. The molecule has 2 heterocycles. The molecule has 3 aliphatic rings. The topological polar surface area (TPSA) is 52.7 Å². The maximum atomic E-state index is 14.0. The fraction of sp³-hybridized carbons (Fsp3) is 0.259. The Morgan fingerprint density at radius 3 is 2.52 bits per heavy atom. The van der Waals surface area contributed by atoms with Crippen molar-refractivity contribution in [3.05, 3.63) is 94.5 Å². The minimum Gasteiger partial charge on any atom is -0.336 e. The summed E-state index contributed by atoms with van der Waals surface area (Å²) < 4.78 is 0. The van der Waals surface area contributed by atoms with Gasteiger partial charge in [0.05, 0.1) is 11.1 Å². The second-order valence-electron chi connectivity index (χ2n) is 9.03. The summed E-state index contributed by atoms with van der Waals surface area (Å²) in [4.78, 5) is 30.7. The summed E-state index contributed by atoms with van der Waals surface area (Å²) in [6, 6.07) is 23.3. The molecule has 166 valence electrons. The largest absolute Gasteiger partial charge is 0.336 e. The molecule has 3 aromatic carbocycles. The van der Waals surface area contributed by atoms with Crippen molar-refractivity contribution in [2.45, 2.75) is 17.8 Å². The van der Waals surface area contributed by atoms with Gasteiger partial charge in [-0.2, -0.15) is 0 Å². The average Bonchev–Trinajstić information content (AvgIpc) is 3.56. The van der Waals surface area contributed by atoms with Gasteiger partial charge < -0.3 is 10.2 Å². The summed E-state index contributed by atoms with van der Waals surface area (Å²) in [7, 11) is 0. The number of nitrogens with zero attached hydrogens (tertiary/aromatic N) is 2. The minimum atomic E-state index is -0.553. The lowest BCUT2D eigenvalue weighted by Gasteiger charge is -2.28. The molecule has 0 radical (unpaired) electrons. The van der Waals surface area contributed by atoms with Gasteiger partial charge in [0.15, 0.2) is 0 Å².